The van der Waals surface area contributed by atoms with Gasteiger partial charge in [-0.25, -0.2) is 4.98 Å². The highest BCUT2D eigenvalue weighted by Gasteiger charge is 2.33. The van der Waals surface area contributed by atoms with Crippen molar-refractivity contribution in [2.24, 2.45) is 7.05 Å². The monoisotopic (exact) mass is 358 g/mol. The molecule has 8 heteroatoms. The van der Waals surface area contributed by atoms with Gasteiger partial charge in [-0.05, 0) is 25.2 Å². The summed E-state index contributed by atoms with van der Waals surface area (Å²) in [6.07, 6.45) is 3.38. The Morgan fingerprint density at radius 1 is 1.35 bits per heavy atom. The molecule has 0 aliphatic carbocycles. The highest BCUT2D eigenvalue weighted by molar-refractivity contribution is 5.93. The summed E-state index contributed by atoms with van der Waals surface area (Å²) in [4.78, 5) is 20.1. The first kappa shape index (κ1) is 18.3. The highest BCUT2D eigenvalue weighted by atomic mass is 16.5. The molecule has 0 unspecified atom stereocenters. The Kier molecular flexibility index (Phi) is 5.53. The standard InChI is InChI=1S/C18H26N6O2/c1-22(2)18(25)13-5-6-16(19-11-13)20-12-15-17(23(3)9-10-26-15)14-7-8-21-24(14)4/h5-8,11,15,17H,9-10,12H2,1-4H3,(H,19,20)/t15-,17-/m0/s1. The van der Waals surface area contributed by atoms with Gasteiger partial charge < -0.3 is 15.0 Å². The second-order valence-corrected chi connectivity index (χ2v) is 6.73. The number of morpholine rings is 1. The summed E-state index contributed by atoms with van der Waals surface area (Å²) in [5, 5.41) is 7.61. The molecule has 1 aliphatic rings. The molecule has 2 aromatic rings. The van der Waals surface area contributed by atoms with Gasteiger partial charge >= 0.3 is 0 Å². The number of aryl methyl sites for hydroxylation is 1. The number of hydrogen-bond donors (Lipinski definition) is 1. The summed E-state index contributed by atoms with van der Waals surface area (Å²) in [5.41, 5.74) is 1.70. The van der Waals surface area contributed by atoms with Crippen molar-refractivity contribution in [1.29, 1.82) is 0 Å². The van der Waals surface area contributed by atoms with Gasteiger partial charge in [0, 0.05) is 46.6 Å². The summed E-state index contributed by atoms with van der Waals surface area (Å²) in [5.74, 6) is 0.665. The van der Waals surface area contributed by atoms with E-state index in [1.165, 1.54) is 4.90 Å². The molecule has 0 bridgehead atoms. The maximum atomic E-state index is 11.9. The molecular weight excluding hydrogens is 332 g/mol. The average molecular weight is 358 g/mol. The van der Waals surface area contributed by atoms with Crippen molar-refractivity contribution >= 4 is 11.7 Å². The molecular formula is C18H26N6O2. The lowest BCUT2D eigenvalue weighted by molar-refractivity contribution is -0.0581. The number of amides is 1. The van der Waals surface area contributed by atoms with Crippen LogP contribution < -0.4 is 5.32 Å². The molecule has 1 saturated heterocycles. The lowest BCUT2D eigenvalue weighted by atomic mass is 10.0. The molecule has 0 aromatic carbocycles. The lowest BCUT2D eigenvalue weighted by Crippen LogP contribution is -2.46. The van der Waals surface area contributed by atoms with Crippen molar-refractivity contribution in [2.75, 3.05) is 46.2 Å². The highest BCUT2D eigenvalue weighted by Crippen LogP contribution is 2.28. The van der Waals surface area contributed by atoms with Crippen LogP contribution in [0.15, 0.2) is 30.6 Å². The molecule has 2 atom stereocenters. The summed E-state index contributed by atoms with van der Waals surface area (Å²) in [6.45, 7) is 2.20. The van der Waals surface area contributed by atoms with Crippen molar-refractivity contribution in [1.82, 2.24) is 24.6 Å². The predicted octanol–water partition coefficient (Wildman–Crippen LogP) is 1.00. The number of aromatic nitrogens is 3. The third-order valence-corrected chi connectivity index (χ3v) is 4.67. The van der Waals surface area contributed by atoms with Crippen molar-refractivity contribution in [2.45, 2.75) is 12.1 Å². The van der Waals surface area contributed by atoms with Crippen LogP contribution in [-0.2, 0) is 11.8 Å². The second-order valence-electron chi connectivity index (χ2n) is 6.73. The molecule has 1 amide bonds. The zero-order chi connectivity index (χ0) is 18.7. The van der Waals surface area contributed by atoms with E-state index in [1.54, 1.807) is 26.4 Å². The van der Waals surface area contributed by atoms with Gasteiger partial charge in [-0.15, -0.1) is 0 Å². The molecule has 0 spiro atoms. The van der Waals surface area contributed by atoms with Gasteiger partial charge in [-0.3, -0.25) is 14.4 Å². The van der Waals surface area contributed by atoms with E-state index in [2.05, 4.69) is 27.3 Å². The Morgan fingerprint density at radius 3 is 2.77 bits per heavy atom. The van der Waals surface area contributed by atoms with E-state index in [1.807, 2.05) is 30.1 Å². The molecule has 0 radical (unpaired) electrons. The third kappa shape index (κ3) is 3.86. The first-order valence-corrected chi connectivity index (χ1v) is 8.68. The topological polar surface area (TPSA) is 75.5 Å². The molecule has 2 aromatic heterocycles. The van der Waals surface area contributed by atoms with Gasteiger partial charge in [0.2, 0.25) is 0 Å². The van der Waals surface area contributed by atoms with Crippen LogP contribution in [-0.4, -0.2) is 77.4 Å². The van der Waals surface area contributed by atoms with E-state index in [4.69, 9.17) is 4.74 Å². The van der Waals surface area contributed by atoms with Crippen LogP contribution in [0.4, 0.5) is 5.82 Å². The van der Waals surface area contributed by atoms with Crippen molar-refractivity contribution in [3.05, 3.63) is 41.9 Å². The quantitative estimate of drug-likeness (QED) is 0.859. The first-order chi connectivity index (χ1) is 12.5. The molecule has 26 heavy (non-hydrogen) atoms. The fourth-order valence-corrected chi connectivity index (χ4v) is 3.21. The third-order valence-electron chi connectivity index (χ3n) is 4.67. The number of anilines is 1. The number of carbonyl (C=O) groups is 1. The fraction of sp³-hybridized carbons (Fsp3) is 0.500. The van der Waals surface area contributed by atoms with Crippen molar-refractivity contribution < 1.29 is 9.53 Å². The minimum atomic E-state index is -0.0578. The zero-order valence-corrected chi connectivity index (χ0v) is 15.7. The van der Waals surface area contributed by atoms with Crippen LogP contribution in [0.1, 0.15) is 22.1 Å². The smallest absolute Gasteiger partial charge is 0.254 e. The Bertz CT molecular complexity index is 742. The van der Waals surface area contributed by atoms with Crippen molar-refractivity contribution in [3.8, 4) is 0 Å². The Labute approximate surface area is 153 Å². The molecule has 3 rings (SSSR count). The Balaban J connectivity index is 1.67. The van der Waals surface area contributed by atoms with Crippen LogP contribution in [0, 0.1) is 0 Å². The molecule has 1 N–H and O–H groups in total. The number of hydrogen-bond acceptors (Lipinski definition) is 6. The minimum absolute atomic E-state index is 0.0194. The van der Waals surface area contributed by atoms with Gasteiger partial charge in [0.25, 0.3) is 5.91 Å². The minimum Gasteiger partial charge on any atom is -0.373 e. The van der Waals surface area contributed by atoms with Crippen LogP contribution in [0.5, 0.6) is 0 Å². The van der Waals surface area contributed by atoms with Gasteiger partial charge in [0.15, 0.2) is 0 Å². The lowest BCUT2D eigenvalue weighted by Gasteiger charge is -2.39. The van der Waals surface area contributed by atoms with E-state index in [0.717, 1.165) is 18.1 Å². The molecule has 1 fully saturated rings. The number of pyridine rings is 1. The maximum absolute atomic E-state index is 11.9. The van der Waals surface area contributed by atoms with E-state index in [0.29, 0.717) is 18.7 Å². The van der Waals surface area contributed by atoms with E-state index in [9.17, 15) is 4.79 Å². The second kappa shape index (κ2) is 7.84. The Morgan fingerprint density at radius 2 is 2.15 bits per heavy atom. The fourth-order valence-electron chi connectivity index (χ4n) is 3.21. The normalized spacial score (nSPS) is 20.8. The average Bonchev–Trinajstić information content (AvgIpc) is 3.05. The number of carbonyl (C=O) groups excluding carboxylic acids is 1. The number of likely N-dealkylation sites (N-methyl/N-ethyl adjacent to an activating group) is 1. The number of ether oxygens (including phenoxy) is 1. The van der Waals surface area contributed by atoms with Crippen molar-refractivity contribution in [3.63, 3.8) is 0 Å². The molecule has 8 nitrogen and oxygen atoms in total. The molecule has 1 aliphatic heterocycles. The Hall–Kier alpha value is -2.45. The van der Waals surface area contributed by atoms with Gasteiger partial charge in [-0.1, -0.05) is 0 Å². The largest absolute Gasteiger partial charge is 0.373 e. The molecule has 3 heterocycles. The van der Waals surface area contributed by atoms with Gasteiger partial charge in [-0.2, -0.15) is 5.10 Å². The number of nitrogens with zero attached hydrogens (tertiary/aromatic N) is 5. The number of rotatable bonds is 5. The SMILES string of the molecule is CN(C)C(=O)c1ccc(NC[C@@H]2OCCN(C)[C@H]2c2ccnn2C)nc1. The predicted molar refractivity (Wildman–Crippen MR) is 99.1 cm³/mol. The van der Waals surface area contributed by atoms with Crippen LogP contribution in [0.3, 0.4) is 0 Å². The maximum Gasteiger partial charge on any atom is 0.254 e. The zero-order valence-electron chi connectivity index (χ0n) is 15.7. The number of nitrogens with one attached hydrogen (secondary N) is 1. The first-order valence-electron chi connectivity index (χ1n) is 8.68. The summed E-state index contributed by atoms with van der Waals surface area (Å²) in [6, 6.07) is 5.76. The summed E-state index contributed by atoms with van der Waals surface area (Å²) >= 11 is 0. The van der Waals surface area contributed by atoms with Crippen LogP contribution in [0.25, 0.3) is 0 Å². The summed E-state index contributed by atoms with van der Waals surface area (Å²) in [7, 11) is 7.51. The molecule has 140 valence electrons. The van der Waals surface area contributed by atoms with E-state index >= 15 is 0 Å². The van der Waals surface area contributed by atoms with E-state index < -0.39 is 0 Å². The van der Waals surface area contributed by atoms with Gasteiger partial charge in [0.05, 0.1) is 30.0 Å². The van der Waals surface area contributed by atoms with Crippen LogP contribution >= 0.6 is 0 Å². The van der Waals surface area contributed by atoms with E-state index in [-0.39, 0.29) is 18.1 Å². The van der Waals surface area contributed by atoms with Crippen LogP contribution in [0.2, 0.25) is 0 Å². The molecule has 0 saturated carbocycles. The van der Waals surface area contributed by atoms with Gasteiger partial charge in [0.1, 0.15) is 5.82 Å². The summed E-state index contributed by atoms with van der Waals surface area (Å²) < 4.78 is 7.91.